The third-order valence-electron chi connectivity index (χ3n) is 2.11. The minimum Gasteiger partial charge on any atom is -0.480 e. The summed E-state index contributed by atoms with van der Waals surface area (Å²) in [7, 11) is 0. The van der Waals surface area contributed by atoms with Crippen LogP contribution in [0.2, 0.25) is 0 Å². The van der Waals surface area contributed by atoms with E-state index in [1.165, 1.54) is 6.92 Å². The minimum atomic E-state index is -0.969. The van der Waals surface area contributed by atoms with Crippen LogP contribution < -0.4 is 5.32 Å². The van der Waals surface area contributed by atoms with Gasteiger partial charge in [0, 0.05) is 10.0 Å². The highest BCUT2D eigenvalue weighted by molar-refractivity contribution is 9.10. The van der Waals surface area contributed by atoms with E-state index in [1.807, 2.05) is 0 Å². The number of halogens is 1. The molecular formula is C11H12BrNO3. The summed E-state index contributed by atoms with van der Waals surface area (Å²) in [6, 6.07) is 6.21. The lowest BCUT2D eigenvalue weighted by molar-refractivity contribution is -0.138. The summed E-state index contributed by atoms with van der Waals surface area (Å²) in [4.78, 5) is 22.1. The van der Waals surface area contributed by atoms with Gasteiger partial charge in [-0.25, -0.2) is 0 Å². The fourth-order valence-corrected chi connectivity index (χ4v) is 1.34. The van der Waals surface area contributed by atoms with Crippen LogP contribution in [0.5, 0.6) is 0 Å². The van der Waals surface area contributed by atoms with Crippen molar-refractivity contribution in [2.45, 2.75) is 13.0 Å². The zero-order chi connectivity index (χ0) is 12.1. The van der Waals surface area contributed by atoms with Crippen LogP contribution in [0.3, 0.4) is 0 Å². The van der Waals surface area contributed by atoms with Gasteiger partial charge in [-0.05, 0) is 19.1 Å². The van der Waals surface area contributed by atoms with E-state index in [4.69, 9.17) is 5.11 Å². The first-order chi connectivity index (χ1) is 7.50. The maximum atomic E-state index is 11.6. The molecule has 1 rings (SSSR count). The van der Waals surface area contributed by atoms with Crippen LogP contribution in [0.25, 0.3) is 0 Å². The molecule has 0 heterocycles. The Morgan fingerprint density at radius 3 is 2.44 bits per heavy atom. The van der Waals surface area contributed by atoms with E-state index in [0.717, 1.165) is 4.47 Å². The van der Waals surface area contributed by atoms with E-state index < -0.39 is 12.0 Å². The van der Waals surface area contributed by atoms with Crippen molar-refractivity contribution in [1.29, 1.82) is 0 Å². The second-order valence-electron chi connectivity index (χ2n) is 3.37. The molecule has 4 nitrogen and oxygen atoms in total. The van der Waals surface area contributed by atoms with Gasteiger partial charge in [-0.3, -0.25) is 14.9 Å². The number of carboxylic acid groups (broad SMARTS) is 1. The van der Waals surface area contributed by atoms with E-state index in [2.05, 4.69) is 21.2 Å². The Morgan fingerprint density at radius 1 is 1.38 bits per heavy atom. The quantitative estimate of drug-likeness (QED) is 0.808. The molecule has 0 bridgehead atoms. The van der Waals surface area contributed by atoms with Crippen LogP contribution in [0, 0.1) is 0 Å². The lowest BCUT2D eigenvalue weighted by Gasteiger charge is -2.08. The number of aliphatic carboxylic acids is 1. The first kappa shape index (κ1) is 12.9. The zero-order valence-corrected chi connectivity index (χ0v) is 10.3. The number of Topliss-reactive ketones (excluding diaryl/α,β-unsaturated/α-hetero) is 1. The zero-order valence-electron chi connectivity index (χ0n) is 8.74. The van der Waals surface area contributed by atoms with Crippen molar-refractivity contribution < 1.29 is 14.7 Å². The van der Waals surface area contributed by atoms with E-state index in [0.29, 0.717) is 5.56 Å². The minimum absolute atomic E-state index is 0.0229. The van der Waals surface area contributed by atoms with Gasteiger partial charge in [0.15, 0.2) is 5.78 Å². The highest BCUT2D eigenvalue weighted by atomic mass is 79.9. The molecule has 5 heteroatoms. The van der Waals surface area contributed by atoms with Crippen LogP contribution in [0.1, 0.15) is 17.3 Å². The number of nitrogens with one attached hydrogen (secondary N) is 1. The third-order valence-corrected chi connectivity index (χ3v) is 2.63. The van der Waals surface area contributed by atoms with Crippen molar-refractivity contribution in [3.63, 3.8) is 0 Å². The largest absolute Gasteiger partial charge is 0.480 e. The normalized spacial score (nSPS) is 12.1. The summed E-state index contributed by atoms with van der Waals surface area (Å²) >= 11 is 3.27. The summed E-state index contributed by atoms with van der Waals surface area (Å²) in [6.07, 6.45) is 0. The lowest BCUT2D eigenvalue weighted by Crippen LogP contribution is -2.37. The molecule has 1 unspecified atom stereocenters. The molecular weight excluding hydrogens is 274 g/mol. The molecule has 0 aliphatic heterocycles. The molecule has 0 radical (unpaired) electrons. The average Bonchev–Trinajstić information content (AvgIpc) is 2.26. The molecule has 86 valence electrons. The van der Waals surface area contributed by atoms with Crippen LogP contribution in [0.15, 0.2) is 28.7 Å². The van der Waals surface area contributed by atoms with Crippen molar-refractivity contribution in [3.05, 3.63) is 34.3 Å². The van der Waals surface area contributed by atoms with Gasteiger partial charge in [0.05, 0.1) is 6.54 Å². The van der Waals surface area contributed by atoms with Gasteiger partial charge in [-0.2, -0.15) is 0 Å². The molecule has 16 heavy (non-hydrogen) atoms. The van der Waals surface area contributed by atoms with Crippen molar-refractivity contribution in [2.75, 3.05) is 6.54 Å². The molecule has 0 fully saturated rings. The summed E-state index contributed by atoms with van der Waals surface area (Å²) in [6.45, 7) is 1.52. The predicted molar refractivity (Wildman–Crippen MR) is 63.6 cm³/mol. The topological polar surface area (TPSA) is 66.4 Å². The molecule has 0 aliphatic rings. The Morgan fingerprint density at radius 2 is 1.94 bits per heavy atom. The Kier molecular flexibility index (Phi) is 4.64. The number of carbonyl (C=O) groups excluding carboxylic acids is 1. The number of rotatable bonds is 5. The third kappa shape index (κ3) is 3.75. The Balaban J connectivity index is 2.53. The van der Waals surface area contributed by atoms with Gasteiger partial charge in [0.2, 0.25) is 0 Å². The van der Waals surface area contributed by atoms with Gasteiger partial charge in [0.25, 0.3) is 0 Å². The Bertz CT molecular complexity index is 389. The van der Waals surface area contributed by atoms with Gasteiger partial charge in [0.1, 0.15) is 6.04 Å². The molecule has 0 saturated carbocycles. The van der Waals surface area contributed by atoms with Crippen LogP contribution in [0.4, 0.5) is 0 Å². The number of ketones is 1. The second kappa shape index (κ2) is 5.77. The first-order valence-corrected chi connectivity index (χ1v) is 5.55. The van der Waals surface area contributed by atoms with Gasteiger partial charge >= 0.3 is 5.97 Å². The van der Waals surface area contributed by atoms with Crippen LogP contribution >= 0.6 is 15.9 Å². The monoisotopic (exact) mass is 285 g/mol. The number of carboxylic acids is 1. The van der Waals surface area contributed by atoms with Gasteiger partial charge in [-0.1, -0.05) is 28.1 Å². The SMILES string of the molecule is CC(NCC(=O)c1ccc(Br)cc1)C(=O)O. The predicted octanol–water partition coefficient (Wildman–Crippen LogP) is 1.69. The number of benzene rings is 1. The summed E-state index contributed by atoms with van der Waals surface area (Å²) < 4.78 is 0.899. The molecule has 2 N–H and O–H groups in total. The molecule has 0 amide bonds. The molecule has 1 aromatic rings. The number of hydrogen-bond donors (Lipinski definition) is 2. The average molecular weight is 286 g/mol. The molecule has 1 aromatic carbocycles. The van der Waals surface area contributed by atoms with Crippen molar-refractivity contribution in [3.8, 4) is 0 Å². The number of hydrogen-bond acceptors (Lipinski definition) is 3. The molecule has 1 atom stereocenters. The van der Waals surface area contributed by atoms with E-state index in [-0.39, 0.29) is 12.3 Å². The second-order valence-corrected chi connectivity index (χ2v) is 4.29. The molecule has 0 aliphatic carbocycles. The van der Waals surface area contributed by atoms with Crippen LogP contribution in [-0.2, 0) is 4.79 Å². The van der Waals surface area contributed by atoms with Gasteiger partial charge in [-0.15, -0.1) is 0 Å². The van der Waals surface area contributed by atoms with Crippen molar-refractivity contribution in [2.24, 2.45) is 0 Å². The highest BCUT2D eigenvalue weighted by Crippen LogP contribution is 2.10. The fraction of sp³-hybridized carbons (Fsp3) is 0.273. The number of carbonyl (C=O) groups is 2. The summed E-state index contributed by atoms with van der Waals surface area (Å²) in [5.41, 5.74) is 0.563. The lowest BCUT2D eigenvalue weighted by atomic mass is 10.1. The Hall–Kier alpha value is -1.20. The Labute approximate surface area is 102 Å². The standard InChI is InChI=1S/C11H12BrNO3/c1-7(11(15)16)13-6-10(14)8-2-4-9(12)5-3-8/h2-5,7,13H,6H2,1H3,(H,15,16). The molecule has 0 saturated heterocycles. The van der Waals surface area contributed by atoms with E-state index in [9.17, 15) is 9.59 Å². The van der Waals surface area contributed by atoms with Crippen molar-refractivity contribution >= 4 is 27.7 Å². The summed E-state index contributed by atoms with van der Waals surface area (Å²) in [5.74, 6) is -1.09. The fourth-order valence-electron chi connectivity index (χ4n) is 1.07. The summed E-state index contributed by atoms with van der Waals surface area (Å²) in [5, 5.41) is 11.3. The van der Waals surface area contributed by atoms with Crippen molar-refractivity contribution in [1.82, 2.24) is 5.32 Å². The molecule has 0 spiro atoms. The van der Waals surface area contributed by atoms with Crippen LogP contribution in [-0.4, -0.2) is 29.4 Å². The molecule has 0 aromatic heterocycles. The maximum absolute atomic E-state index is 11.6. The van der Waals surface area contributed by atoms with Gasteiger partial charge < -0.3 is 5.11 Å². The highest BCUT2D eigenvalue weighted by Gasteiger charge is 2.12. The van der Waals surface area contributed by atoms with E-state index in [1.54, 1.807) is 24.3 Å². The first-order valence-electron chi connectivity index (χ1n) is 4.75. The maximum Gasteiger partial charge on any atom is 0.320 e. The van der Waals surface area contributed by atoms with E-state index >= 15 is 0 Å². The smallest absolute Gasteiger partial charge is 0.320 e.